The number of hydrogen-bond acceptors (Lipinski definition) is 2. The van der Waals surface area contributed by atoms with Crippen molar-refractivity contribution in [2.24, 2.45) is 5.73 Å². The van der Waals surface area contributed by atoms with Crippen molar-refractivity contribution < 1.29 is 9.13 Å². The average Bonchev–Trinajstić information content (AvgIpc) is 2.41. The molecule has 0 bridgehead atoms. The minimum Gasteiger partial charge on any atom is -0.485 e. The molecule has 0 amide bonds. The van der Waals surface area contributed by atoms with Crippen LogP contribution in [0.1, 0.15) is 35.3 Å². The smallest absolute Gasteiger partial charge is 0.126 e. The predicted octanol–water partition coefficient (Wildman–Crippen LogP) is 3.66. The van der Waals surface area contributed by atoms with Gasteiger partial charge in [0.25, 0.3) is 0 Å². The summed E-state index contributed by atoms with van der Waals surface area (Å²) in [6, 6.07) is 12.5. The monoisotopic (exact) mass is 257 g/mol. The summed E-state index contributed by atoms with van der Waals surface area (Å²) in [5, 5.41) is 0. The van der Waals surface area contributed by atoms with Crippen molar-refractivity contribution in [1.82, 2.24) is 0 Å². The number of fused-ring (bicyclic) bond motifs is 1. The Kier molecular flexibility index (Phi) is 2.99. The Morgan fingerprint density at radius 3 is 2.79 bits per heavy atom. The minimum atomic E-state index is -0.239. The maximum atomic E-state index is 13.4. The first-order valence-corrected chi connectivity index (χ1v) is 6.42. The molecule has 3 rings (SSSR count). The molecule has 2 aromatic rings. The second-order valence-corrected chi connectivity index (χ2v) is 4.99. The molecule has 98 valence electrons. The molecule has 0 aromatic heterocycles. The van der Waals surface area contributed by atoms with Gasteiger partial charge in [-0.3, -0.25) is 0 Å². The maximum absolute atomic E-state index is 13.4. The third-order valence-corrected chi connectivity index (χ3v) is 3.64. The highest BCUT2D eigenvalue weighted by molar-refractivity contribution is 5.40. The van der Waals surface area contributed by atoms with Crippen molar-refractivity contribution >= 4 is 0 Å². The van der Waals surface area contributed by atoms with Crippen LogP contribution in [0, 0.1) is 12.7 Å². The van der Waals surface area contributed by atoms with Crippen LogP contribution in [0.2, 0.25) is 0 Å². The first-order valence-electron chi connectivity index (χ1n) is 6.42. The Morgan fingerprint density at radius 1 is 1.16 bits per heavy atom. The molecule has 2 atom stereocenters. The van der Waals surface area contributed by atoms with Gasteiger partial charge in [-0.15, -0.1) is 0 Å². The Bertz CT molecular complexity index is 611. The SMILES string of the molecule is Cc1ccc(F)cc1C1CC(N)c2ccccc2O1. The van der Waals surface area contributed by atoms with Crippen molar-refractivity contribution in [3.05, 3.63) is 65.0 Å². The molecule has 1 aliphatic heterocycles. The van der Waals surface area contributed by atoms with Gasteiger partial charge in [-0.25, -0.2) is 4.39 Å². The number of rotatable bonds is 1. The fourth-order valence-corrected chi connectivity index (χ4v) is 2.60. The van der Waals surface area contributed by atoms with E-state index in [1.54, 1.807) is 12.1 Å². The Morgan fingerprint density at radius 2 is 1.95 bits per heavy atom. The van der Waals surface area contributed by atoms with Gasteiger partial charge < -0.3 is 10.5 Å². The highest BCUT2D eigenvalue weighted by atomic mass is 19.1. The fourth-order valence-electron chi connectivity index (χ4n) is 2.60. The lowest BCUT2D eigenvalue weighted by Crippen LogP contribution is -2.24. The van der Waals surface area contributed by atoms with Crippen molar-refractivity contribution in [2.45, 2.75) is 25.5 Å². The molecule has 2 unspecified atom stereocenters. The van der Waals surface area contributed by atoms with E-state index in [0.29, 0.717) is 6.42 Å². The fraction of sp³-hybridized carbons (Fsp3) is 0.250. The van der Waals surface area contributed by atoms with Gasteiger partial charge in [0.1, 0.15) is 17.7 Å². The van der Waals surface area contributed by atoms with E-state index in [4.69, 9.17) is 10.5 Å². The second kappa shape index (κ2) is 4.67. The van der Waals surface area contributed by atoms with Crippen molar-refractivity contribution in [1.29, 1.82) is 0 Å². The molecule has 2 aromatic carbocycles. The molecular weight excluding hydrogens is 241 g/mol. The van der Waals surface area contributed by atoms with Crippen LogP contribution in [0.4, 0.5) is 4.39 Å². The van der Waals surface area contributed by atoms with Crippen LogP contribution < -0.4 is 10.5 Å². The molecule has 2 nitrogen and oxygen atoms in total. The van der Waals surface area contributed by atoms with Crippen molar-refractivity contribution in [3.63, 3.8) is 0 Å². The molecular formula is C16H16FNO. The third-order valence-electron chi connectivity index (χ3n) is 3.64. The molecule has 3 heteroatoms. The van der Waals surface area contributed by atoms with E-state index in [0.717, 1.165) is 22.4 Å². The van der Waals surface area contributed by atoms with E-state index < -0.39 is 0 Å². The van der Waals surface area contributed by atoms with Gasteiger partial charge in [0.05, 0.1) is 0 Å². The van der Waals surface area contributed by atoms with E-state index in [-0.39, 0.29) is 18.0 Å². The molecule has 0 fully saturated rings. The topological polar surface area (TPSA) is 35.2 Å². The van der Waals surface area contributed by atoms with Crippen LogP contribution in [0.25, 0.3) is 0 Å². The zero-order valence-corrected chi connectivity index (χ0v) is 10.8. The van der Waals surface area contributed by atoms with E-state index in [1.807, 2.05) is 31.2 Å². The molecule has 2 N–H and O–H groups in total. The summed E-state index contributed by atoms with van der Waals surface area (Å²) >= 11 is 0. The van der Waals surface area contributed by atoms with Crippen LogP contribution >= 0.6 is 0 Å². The van der Waals surface area contributed by atoms with Gasteiger partial charge in [-0.1, -0.05) is 24.3 Å². The average molecular weight is 257 g/mol. The van der Waals surface area contributed by atoms with Crippen molar-refractivity contribution in [2.75, 3.05) is 0 Å². The lowest BCUT2D eigenvalue weighted by Gasteiger charge is -2.31. The summed E-state index contributed by atoms with van der Waals surface area (Å²) in [6.45, 7) is 1.96. The Hall–Kier alpha value is -1.87. The molecule has 0 spiro atoms. The van der Waals surface area contributed by atoms with E-state index in [9.17, 15) is 4.39 Å². The molecule has 0 saturated heterocycles. The highest BCUT2D eigenvalue weighted by Gasteiger charge is 2.27. The molecule has 1 heterocycles. The minimum absolute atomic E-state index is 0.0717. The number of hydrogen-bond donors (Lipinski definition) is 1. The summed E-state index contributed by atoms with van der Waals surface area (Å²) in [7, 11) is 0. The quantitative estimate of drug-likeness (QED) is 0.846. The van der Waals surface area contributed by atoms with Gasteiger partial charge in [0.2, 0.25) is 0 Å². The Balaban J connectivity index is 1.99. The number of aryl methyl sites for hydroxylation is 1. The largest absolute Gasteiger partial charge is 0.485 e. The summed E-state index contributed by atoms with van der Waals surface area (Å²) in [6.07, 6.45) is 0.488. The molecule has 0 saturated carbocycles. The van der Waals surface area contributed by atoms with Gasteiger partial charge in [0, 0.05) is 18.0 Å². The maximum Gasteiger partial charge on any atom is 0.126 e. The zero-order valence-electron chi connectivity index (χ0n) is 10.8. The third kappa shape index (κ3) is 2.22. The Labute approximate surface area is 112 Å². The van der Waals surface area contributed by atoms with Crippen LogP contribution in [0.15, 0.2) is 42.5 Å². The lowest BCUT2D eigenvalue weighted by molar-refractivity contribution is 0.160. The molecule has 19 heavy (non-hydrogen) atoms. The molecule has 0 radical (unpaired) electrons. The summed E-state index contributed by atoms with van der Waals surface area (Å²) in [4.78, 5) is 0. The number of para-hydroxylation sites is 1. The predicted molar refractivity (Wildman–Crippen MR) is 72.5 cm³/mol. The van der Waals surface area contributed by atoms with Gasteiger partial charge in [-0.2, -0.15) is 0 Å². The van der Waals surface area contributed by atoms with Gasteiger partial charge in [-0.05, 0) is 36.2 Å². The number of benzene rings is 2. The van der Waals surface area contributed by atoms with E-state index >= 15 is 0 Å². The first kappa shape index (κ1) is 12.2. The summed E-state index contributed by atoms with van der Waals surface area (Å²) in [5.74, 6) is 0.562. The van der Waals surface area contributed by atoms with Crippen LogP contribution in [-0.4, -0.2) is 0 Å². The van der Waals surface area contributed by atoms with Crippen LogP contribution in [0.5, 0.6) is 5.75 Å². The lowest BCUT2D eigenvalue weighted by atomic mass is 9.92. The van der Waals surface area contributed by atoms with E-state index in [1.165, 1.54) is 6.07 Å². The molecule has 1 aliphatic rings. The second-order valence-electron chi connectivity index (χ2n) is 4.99. The van der Waals surface area contributed by atoms with Crippen molar-refractivity contribution in [3.8, 4) is 5.75 Å². The standard InChI is InChI=1S/C16H16FNO/c1-10-6-7-11(17)8-13(10)16-9-14(18)12-4-2-3-5-15(12)19-16/h2-8,14,16H,9,18H2,1H3. The van der Waals surface area contributed by atoms with Crippen LogP contribution in [-0.2, 0) is 0 Å². The summed E-state index contributed by atoms with van der Waals surface area (Å²) < 4.78 is 19.4. The number of nitrogens with two attached hydrogens (primary N) is 1. The zero-order chi connectivity index (χ0) is 13.4. The van der Waals surface area contributed by atoms with Gasteiger partial charge in [0.15, 0.2) is 0 Å². The van der Waals surface area contributed by atoms with Gasteiger partial charge >= 0.3 is 0 Å². The number of halogens is 1. The first-order chi connectivity index (χ1) is 9.15. The normalized spacial score (nSPS) is 21.6. The summed E-state index contributed by atoms with van der Waals surface area (Å²) in [5.41, 5.74) is 9.12. The van der Waals surface area contributed by atoms with E-state index in [2.05, 4.69) is 0 Å². The highest BCUT2D eigenvalue weighted by Crippen LogP contribution is 2.40. The number of ether oxygens (including phenoxy) is 1. The molecule has 0 aliphatic carbocycles. The van der Waals surface area contributed by atoms with Crippen LogP contribution in [0.3, 0.4) is 0 Å².